The van der Waals surface area contributed by atoms with Crippen molar-refractivity contribution in [2.45, 2.75) is 17.5 Å². The van der Waals surface area contributed by atoms with E-state index in [0.29, 0.717) is 5.37 Å². The highest BCUT2D eigenvalue weighted by Gasteiger charge is 2.28. The summed E-state index contributed by atoms with van der Waals surface area (Å²) in [7, 11) is 0. The van der Waals surface area contributed by atoms with E-state index in [1.807, 2.05) is 11.8 Å². The highest BCUT2D eigenvalue weighted by Crippen LogP contribution is 2.35. The van der Waals surface area contributed by atoms with Crippen LogP contribution in [0.25, 0.3) is 0 Å². The Morgan fingerprint density at radius 2 is 2.00 bits per heavy atom. The van der Waals surface area contributed by atoms with Gasteiger partial charge in [0.1, 0.15) is 0 Å². The van der Waals surface area contributed by atoms with Crippen molar-refractivity contribution < 1.29 is 0 Å². The minimum Gasteiger partial charge on any atom is -0.318 e. The minimum atomic E-state index is 0.468. The Morgan fingerprint density at radius 3 is 2.00 bits per heavy atom. The number of nitrogens with two attached hydrogens (primary N) is 1. The quantitative estimate of drug-likeness (QED) is 0.435. The smallest absolute Gasteiger partial charge is 0.0629 e. The Balaban J connectivity index is 2.20. The van der Waals surface area contributed by atoms with Crippen LogP contribution in [0.5, 0.6) is 0 Å². The zero-order chi connectivity index (χ0) is 3.86. The van der Waals surface area contributed by atoms with Gasteiger partial charge in [0.25, 0.3) is 0 Å². The Hall–Kier alpha value is 0.310. The molecule has 2 N–H and O–H groups in total. The first-order chi connectivity index (χ1) is 2.30. The van der Waals surface area contributed by atoms with Crippen LogP contribution in [-0.4, -0.2) is 10.6 Å². The van der Waals surface area contributed by atoms with Gasteiger partial charge in [-0.2, -0.15) is 0 Å². The summed E-state index contributed by atoms with van der Waals surface area (Å²) in [4.78, 5) is 0. The molecule has 1 heterocycles. The molecule has 0 spiro atoms. The second-order valence-corrected chi connectivity index (χ2v) is 2.87. The topological polar surface area (TPSA) is 26.0 Å². The summed E-state index contributed by atoms with van der Waals surface area (Å²) in [5.41, 5.74) is 5.33. The molecule has 2 atom stereocenters. The largest absolute Gasteiger partial charge is 0.318 e. The average Bonchev–Trinajstić information content (AvgIpc) is 1.79. The van der Waals surface area contributed by atoms with Gasteiger partial charge in [-0.15, -0.1) is 11.8 Å². The maximum Gasteiger partial charge on any atom is 0.0629 e. The van der Waals surface area contributed by atoms with Gasteiger partial charge >= 0.3 is 0 Å². The molecule has 1 nitrogen and oxygen atoms in total. The van der Waals surface area contributed by atoms with Crippen LogP contribution in [0, 0.1) is 0 Å². The normalized spacial score (nSPS) is 49.2. The molecule has 2 heteroatoms. The highest BCUT2D eigenvalue weighted by molar-refractivity contribution is 8.07. The molecule has 0 unspecified atom stereocenters. The van der Waals surface area contributed by atoms with Crippen molar-refractivity contribution in [3.05, 3.63) is 0 Å². The van der Waals surface area contributed by atoms with Crippen molar-refractivity contribution in [3.63, 3.8) is 0 Å². The van der Waals surface area contributed by atoms with Crippen LogP contribution in [0.2, 0.25) is 0 Å². The van der Waals surface area contributed by atoms with E-state index in [2.05, 4.69) is 6.92 Å². The van der Waals surface area contributed by atoms with Gasteiger partial charge < -0.3 is 5.73 Å². The Kier molecular flexibility index (Phi) is 0.618. The molecule has 5 heavy (non-hydrogen) atoms. The van der Waals surface area contributed by atoms with Gasteiger partial charge in [-0.1, -0.05) is 6.92 Å². The number of hydrogen-bond acceptors (Lipinski definition) is 2. The van der Waals surface area contributed by atoms with E-state index < -0.39 is 0 Å². The molecule has 0 saturated carbocycles. The molecule has 0 aromatic heterocycles. The lowest BCUT2D eigenvalue weighted by Crippen LogP contribution is -2.00. The van der Waals surface area contributed by atoms with Crippen LogP contribution in [0.1, 0.15) is 6.92 Å². The predicted molar refractivity (Wildman–Crippen MR) is 25.0 cm³/mol. The Morgan fingerprint density at radius 1 is 1.80 bits per heavy atom. The summed E-state index contributed by atoms with van der Waals surface area (Å²) in [6, 6.07) is 0. The standard InChI is InChI=1S/C3H7NS/c1-2-3(4)5-2/h2-3H,4H2,1H3/t2-,3+/m0/s1. The molecular formula is C3H7NS. The first kappa shape index (κ1) is 3.50. The van der Waals surface area contributed by atoms with Crippen LogP contribution in [-0.2, 0) is 0 Å². The lowest BCUT2D eigenvalue weighted by molar-refractivity contribution is 1.00. The molecular weight excluding hydrogens is 82.1 g/mol. The molecule has 1 aliphatic rings. The van der Waals surface area contributed by atoms with Crippen molar-refractivity contribution in [3.8, 4) is 0 Å². The summed E-state index contributed by atoms with van der Waals surface area (Å²) < 4.78 is 0. The fraction of sp³-hybridized carbons (Fsp3) is 1.00. The molecule has 1 rings (SSSR count). The van der Waals surface area contributed by atoms with Gasteiger partial charge in [0.15, 0.2) is 0 Å². The molecule has 0 amide bonds. The van der Waals surface area contributed by atoms with Crippen molar-refractivity contribution in [1.82, 2.24) is 0 Å². The van der Waals surface area contributed by atoms with E-state index in [1.165, 1.54) is 0 Å². The molecule has 0 aromatic rings. The van der Waals surface area contributed by atoms with Gasteiger partial charge in [-0.25, -0.2) is 0 Å². The fourth-order valence-corrected chi connectivity index (χ4v) is 0.607. The maximum absolute atomic E-state index is 5.33. The third-order valence-corrected chi connectivity index (χ3v) is 1.89. The third-order valence-electron chi connectivity index (χ3n) is 0.758. The van der Waals surface area contributed by atoms with E-state index in [0.717, 1.165) is 5.25 Å². The van der Waals surface area contributed by atoms with Crippen LogP contribution in [0.15, 0.2) is 0 Å². The summed E-state index contributed by atoms with van der Waals surface area (Å²) in [6.07, 6.45) is 0. The van der Waals surface area contributed by atoms with E-state index in [9.17, 15) is 0 Å². The molecule has 1 aliphatic heterocycles. The van der Waals surface area contributed by atoms with Crippen molar-refractivity contribution >= 4 is 11.8 Å². The molecule has 0 aliphatic carbocycles. The minimum absolute atomic E-state index is 0.468. The second-order valence-electron chi connectivity index (χ2n) is 1.31. The lowest BCUT2D eigenvalue weighted by Gasteiger charge is -1.65. The van der Waals surface area contributed by atoms with Crippen LogP contribution in [0.3, 0.4) is 0 Å². The first-order valence-electron chi connectivity index (χ1n) is 1.72. The highest BCUT2D eigenvalue weighted by atomic mass is 32.2. The number of thioether (sulfide) groups is 1. The summed E-state index contributed by atoms with van der Waals surface area (Å²) in [5.74, 6) is 0. The Labute approximate surface area is 35.9 Å². The Bertz CT molecular complexity index is 40.2. The summed E-state index contributed by atoms with van der Waals surface area (Å²) >= 11 is 1.82. The third kappa shape index (κ3) is 0.578. The lowest BCUT2D eigenvalue weighted by atomic mass is 10.5. The molecule has 0 aromatic carbocycles. The van der Waals surface area contributed by atoms with Crippen molar-refractivity contribution in [2.75, 3.05) is 0 Å². The van der Waals surface area contributed by atoms with E-state index in [4.69, 9.17) is 5.73 Å². The molecule has 1 saturated heterocycles. The van der Waals surface area contributed by atoms with E-state index >= 15 is 0 Å². The van der Waals surface area contributed by atoms with E-state index in [-0.39, 0.29) is 0 Å². The fourth-order valence-electron chi connectivity index (χ4n) is 0.202. The molecule has 30 valence electrons. The van der Waals surface area contributed by atoms with Crippen LogP contribution in [0.4, 0.5) is 0 Å². The van der Waals surface area contributed by atoms with Crippen LogP contribution < -0.4 is 5.73 Å². The maximum atomic E-state index is 5.33. The van der Waals surface area contributed by atoms with Crippen molar-refractivity contribution in [2.24, 2.45) is 5.73 Å². The number of rotatable bonds is 0. The molecule has 0 radical (unpaired) electrons. The average molecular weight is 89.2 g/mol. The second kappa shape index (κ2) is 0.884. The zero-order valence-electron chi connectivity index (χ0n) is 3.14. The zero-order valence-corrected chi connectivity index (χ0v) is 3.96. The number of hydrogen-bond donors (Lipinski definition) is 1. The van der Waals surface area contributed by atoms with Gasteiger partial charge in [0.05, 0.1) is 5.37 Å². The molecule has 0 bridgehead atoms. The van der Waals surface area contributed by atoms with Gasteiger partial charge in [0.2, 0.25) is 0 Å². The summed E-state index contributed by atoms with van der Waals surface area (Å²) in [6.45, 7) is 2.13. The van der Waals surface area contributed by atoms with Crippen molar-refractivity contribution in [1.29, 1.82) is 0 Å². The molecule has 1 fully saturated rings. The predicted octanol–water partition coefficient (Wildman–Crippen LogP) is 0.406. The first-order valence-corrected chi connectivity index (χ1v) is 2.66. The van der Waals surface area contributed by atoms with E-state index in [1.54, 1.807) is 0 Å². The monoisotopic (exact) mass is 89.0 g/mol. The summed E-state index contributed by atoms with van der Waals surface area (Å²) in [5, 5.41) is 1.21. The SMILES string of the molecule is C[C@@H]1S[C@H]1N. The van der Waals surface area contributed by atoms with Gasteiger partial charge in [-0.05, 0) is 0 Å². The van der Waals surface area contributed by atoms with Gasteiger partial charge in [0, 0.05) is 5.25 Å². The van der Waals surface area contributed by atoms with Crippen LogP contribution >= 0.6 is 11.8 Å². The van der Waals surface area contributed by atoms with Gasteiger partial charge in [-0.3, -0.25) is 0 Å².